The van der Waals surface area contributed by atoms with Gasteiger partial charge in [0.15, 0.2) is 0 Å². The summed E-state index contributed by atoms with van der Waals surface area (Å²) in [5.74, 6) is -1.16. The number of carbonyl (C=O) groups is 3. The summed E-state index contributed by atoms with van der Waals surface area (Å²) >= 11 is 0. The van der Waals surface area contributed by atoms with E-state index in [1.165, 1.54) is 112 Å². The fourth-order valence-electron chi connectivity index (χ4n) is 9.31. The van der Waals surface area contributed by atoms with E-state index in [1.54, 1.807) is 20.8 Å². The van der Waals surface area contributed by atoms with Gasteiger partial charge >= 0.3 is 17.9 Å². The van der Waals surface area contributed by atoms with E-state index in [0.717, 1.165) is 59.1 Å². The second kappa shape index (κ2) is 24.0. The first-order valence-electron chi connectivity index (χ1n) is 25.0. The topological polar surface area (TPSA) is 78.9 Å². The van der Waals surface area contributed by atoms with Crippen molar-refractivity contribution in [3.05, 3.63) is 168 Å². The van der Waals surface area contributed by atoms with Gasteiger partial charge in [-0.1, -0.05) is 182 Å². The normalized spacial score (nSPS) is 11.3. The number of carbonyl (C=O) groups excluding carboxylic acids is 3. The minimum atomic E-state index is -0.405. The Morgan fingerprint density at radius 1 is 0.406 bits per heavy atom. The van der Waals surface area contributed by atoms with Crippen LogP contribution in [0.3, 0.4) is 0 Å². The van der Waals surface area contributed by atoms with Crippen LogP contribution in [0.2, 0.25) is 0 Å². The van der Waals surface area contributed by atoms with E-state index in [1.807, 2.05) is 24.3 Å². The summed E-state index contributed by atoms with van der Waals surface area (Å²) in [6.07, 6.45) is 15.4. The van der Waals surface area contributed by atoms with E-state index in [9.17, 15) is 14.4 Å². The van der Waals surface area contributed by atoms with Crippen LogP contribution in [0.25, 0.3) is 65.7 Å². The standard InChI is InChI=1S/C63H68O6/c1-8-9-10-11-12-13-14-15-16-17-20-51-38-56(48-27-21-45(22-28-48)19-18-37-67-61(64)42(2)3)53-35-36-55-58(50-31-25-47(26-32-50)41-69-63(66)44(6)7)39-57(54-34-33-52(51)59(53)60(54)55)49-29-23-46(24-30-49)40-68-62(65)43(4)5/h21-36,38-39H,2,4,6,8-20,37,40-41H2,1,3,5,7H3. The molecule has 0 radical (unpaired) electrons. The Morgan fingerprint density at radius 3 is 1.23 bits per heavy atom. The second-order valence-electron chi connectivity index (χ2n) is 18.9. The predicted molar refractivity (Wildman–Crippen MR) is 285 cm³/mol. The number of esters is 3. The number of rotatable bonds is 25. The number of benzene rings is 7. The molecule has 0 unspecified atom stereocenters. The van der Waals surface area contributed by atoms with Crippen LogP contribution < -0.4 is 0 Å². The molecule has 7 rings (SSSR count). The first kappa shape index (κ1) is 50.1. The largest absolute Gasteiger partial charge is 0.462 e. The van der Waals surface area contributed by atoms with Crippen molar-refractivity contribution in [3.63, 3.8) is 0 Å². The average molecular weight is 921 g/mol. The lowest BCUT2D eigenvalue weighted by molar-refractivity contribution is -0.141. The van der Waals surface area contributed by atoms with Crippen molar-refractivity contribution in [1.82, 2.24) is 0 Å². The van der Waals surface area contributed by atoms with Crippen molar-refractivity contribution < 1.29 is 28.6 Å². The molecule has 0 aliphatic heterocycles. The summed E-state index contributed by atoms with van der Waals surface area (Å²) < 4.78 is 16.4. The quantitative estimate of drug-likeness (QED) is 0.0187. The third-order valence-electron chi connectivity index (χ3n) is 13.2. The van der Waals surface area contributed by atoms with Gasteiger partial charge in [0.05, 0.1) is 6.61 Å². The van der Waals surface area contributed by atoms with Gasteiger partial charge in [-0.3, -0.25) is 0 Å². The number of ether oxygens (including phenoxy) is 3. The molecule has 0 saturated heterocycles. The summed E-state index contributed by atoms with van der Waals surface area (Å²) in [5.41, 5.74) is 12.2. The Morgan fingerprint density at radius 2 is 0.783 bits per heavy atom. The lowest BCUT2D eigenvalue weighted by Gasteiger charge is -2.22. The molecule has 0 atom stereocenters. The maximum atomic E-state index is 12.2. The molecule has 0 amide bonds. The van der Waals surface area contributed by atoms with Crippen molar-refractivity contribution >= 4 is 50.2 Å². The van der Waals surface area contributed by atoms with Gasteiger partial charge in [0, 0.05) is 16.7 Å². The third kappa shape index (κ3) is 12.7. The molecule has 0 saturated carbocycles. The van der Waals surface area contributed by atoms with Gasteiger partial charge in [0.25, 0.3) is 0 Å². The molecule has 0 fully saturated rings. The van der Waals surface area contributed by atoms with Crippen LogP contribution in [0.15, 0.2) is 146 Å². The molecule has 0 spiro atoms. The highest BCUT2D eigenvalue weighted by atomic mass is 16.5. The maximum absolute atomic E-state index is 12.2. The number of unbranched alkanes of at least 4 members (excludes halogenated alkanes) is 9. The van der Waals surface area contributed by atoms with E-state index in [4.69, 9.17) is 14.2 Å². The van der Waals surface area contributed by atoms with Crippen LogP contribution in [-0.4, -0.2) is 24.5 Å². The van der Waals surface area contributed by atoms with E-state index in [0.29, 0.717) is 23.3 Å². The smallest absolute Gasteiger partial charge is 0.333 e. The molecular formula is C63H68O6. The van der Waals surface area contributed by atoms with Crippen molar-refractivity contribution in [3.8, 4) is 33.4 Å². The first-order valence-corrected chi connectivity index (χ1v) is 25.0. The van der Waals surface area contributed by atoms with E-state index in [2.05, 4.69) is 112 Å². The Labute approximate surface area is 409 Å². The summed E-state index contributed by atoms with van der Waals surface area (Å²) in [7, 11) is 0. The lowest BCUT2D eigenvalue weighted by atomic mass is 9.82. The molecule has 0 N–H and O–H groups in total. The zero-order valence-electron chi connectivity index (χ0n) is 41.3. The molecule has 0 heterocycles. The molecule has 69 heavy (non-hydrogen) atoms. The number of aryl methyl sites for hydroxylation is 2. The molecular weight excluding hydrogens is 853 g/mol. The van der Waals surface area contributed by atoms with Crippen LogP contribution in [0.1, 0.15) is 121 Å². The van der Waals surface area contributed by atoms with Crippen molar-refractivity contribution in [2.45, 2.75) is 124 Å². The maximum Gasteiger partial charge on any atom is 0.333 e. The van der Waals surface area contributed by atoms with E-state index >= 15 is 0 Å². The van der Waals surface area contributed by atoms with Crippen molar-refractivity contribution in [2.24, 2.45) is 0 Å². The fraction of sp³-hybridized carbons (Fsp3) is 0.317. The second-order valence-corrected chi connectivity index (χ2v) is 18.9. The summed E-state index contributed by atoms with van der Waals surface area (Å²) in [5, 5.41) is 7.33. The number of hydrogen-bond acceptors (Lipinski definition) is 6. The first-order chi connectivity index (χ1) is 33.4. The van der Waals surface area contributed by atoms with E-state index in [-0.39, 0.29) is 19.2 Å². The predicted octanol–water partition coefficient (Wildman–Crippen LogP) is 16.3. The Kier molecular flexibility index (Phi) is 17.4. The minimum Gasteiger partial charge on any atom is -0.462 e. The van der Waals surface area contributed by atoms with Crippen LogP contribution in [0.4, 0.5) is 0 Å². The Hall–Kier alpha value is -6.79. The Bertz CT molecular complexity index is 2840. The summed E-state index contributed by atoms with van der Waals surface area (Å²) in [4.78, 5) is 36.4. The monoisotopic (exact) mass is 921 g/mol. The molecule has 0 aromatic heterocycles. The van der Waals surface area contributed by atoms with Gasteiger partial charge in [-0.15, -0.1) is 0 Å². The highest BCUT2D eigenvalue weighted by Gasteiger charge is 2.21. The SMILES string of the molecule is C=C(C)C(=O)OCCCc1ccc(-c2cc(CCCCCCCCCCCC)c3ccc4c(-c5ccc(COC(=O)C(=C)C)cc5)cc(-c5ccc(COC(=O)C(=C)C)cc5)c5ccc2c3c45)cc1. The molecule has 0 aliphatic carbocycles. The molecule has 7 aromatic carbocycles. The fourth-order valence-corrected chi connectivity index (χ4v) is 9.31. The molecule has 0 bridgehead atoms. The molecule has 7 aromatic rings. The third-order valence-corrected chi connectivity index (χ3v) is 13.2. The van der Waals surface area contributed by atoms with Crippen LogP contribution >= 0.6 is 0 Å². The molecule has 6 nitrogen and oxygen atoms in total. The van der Waals surface area contributed by atoms with Gasteiger partial charge in [-0.2, -0.15) is 0 Å². The van der Waals surface area contributed by atoms with Crippen molar-refractivity contribution in [1.29, 1.82) is 0 Å². The number of hydrogen-bond donors (Lipinski definition) is 0. The zero-order chi connectivity index (χ0) is 48.9. The summed E-state index contributed by atoms with van der Waals surface area (Å²) in [6.45, 7) is 19.1. The molecule has 356 valence electrons. The average Bonchev–Trinajstić information content (AvgIpc) is 3.36. The zero-order valence-corrected chi connectivity index (χ0v) is 41.3. The van der Waals surface area contributed by atoms with Gasteiger partial charge < -0.3 is 14.2 Å². The van der Waals surface area contributed by atoms with Gasteiger partial charge in [0.1, 0.15) is 13.2 Å². The van der Waals surface area contributed by atoms with Crippen LogP contribution in [0.5, 0.6) is 0 Å². The Balaban J connectivity index is 1.31. The van der Waals surface area contributed by atoms with Gasteiger partial charge in [-0.25, -0.2) is 14.4 Å². The summed E-state index contributed by atoms with van der Waals surface area (Å²) in [6, 6.07) is 39.5. The minimum absolute atomic E-state index is 0.167. The molecule has 6 heteroatoms. The molecule has 0 aliphatic rings. The van der Waals surface area contributed by atoms with Gasteiger partial charge in [0.2, 0.25) is 0 Å². The van der Waals surface area contributed by atoms with Crippen LogP contribution in [-0.2, 0) is 54.6 Å². The van der Waals surface area contributed by atoms with Crippen LogP contribution in [0, 0.1) is 0 Å². The highest BCUT2D eigenvalue weighted by Crippen LogP contribution is 2.47. The van der Waals surface area contributed by atoms with Gasteiger partial charge in [-0.05, 0) is 147 Å². The lowest BCUT2D eigenvalue weighted by Crippen LogP contribution is -2.06. The highest BCUT2D eigenvalue weighted by molar-refractivity contribution is 6.30. The van der Waals surface area contributed by atoms with E-state index < -0.39 is 11.9 Å². The van der Waals surface area contributed by atoms with Crippen molar-refractivity contribution in [2.75, 3.05) is 6.61 Å².